The monoisotopic (exact) mass is 374 g/mol. The van der Waals surface area contributed by atoms with Crippen LogP contribution in [0.5, 0.6) is 5.75 Å². The van der Waals surface area contributed by atoms with Crippen LogP contribution in [0.4, 0.5) is 11.4 Å². The van der Waals surface area contributed by atoms with Gasteiger partial charge in [0.1, 0.15) is 5.75 Å². The molecule has 0 saturated heterocycles. The molecule has 0 spiro atoms. The molecule has 0 bridgehead atoms. The lowest BCUT2D eigenvalue weighted by atomic mass is 10.1. The molecular weight excluding hydrogens is 352 g/mol. The third kappa shape index (κ3) is 4.38. The van der Waals surface area contributed by atoms with Crippen molar-refractivity contribution in [2.24, 2.45) is 0 Å². The van der Waals surface area contributed by atoms with E-state index in [1.54, 1.807) is 48.3 Å². The number of nitrogens with one attached hydrogen (secondary N) is 1. The van der Waals surface area contributed by atoms with Crippen molar-refractivity contribution < 1.29 is 14.3 Å². The van der Waals surface area contributed by atoms with Gasteiger partial charge in [0.15, 0.2) is 0 Å². The molecule has 0 fully saturated rings. The molecule has 3 aromatic carbocycles. The van der Waals surface area contributed by atoms with Gasteiger partial charge in [-0.3, -0.25) is 9.59 Å². The van der Waals surface area contributed by atoms with Crippen LogP contribution in [0, 0.1) is 0 Å². The lowest BCUT2D eigenvalue weighted by Crippen LogP contribution is -2.26. The van der Waals surface area contributed by atoms with Crippen LogP contribution >= 0.6 is 0 Å². The average Bonchev–Trinajstić information content (AvgIpc) is 2.75. The van der Waals surface area contributed by atoms with Gasteiger partial charge >= 0.3 is 0 Å². The number of carbonyl (C=O) groups is 2. The Morgan fingerprint density at radius 3 is 2.32 bits per heavy atom. The van der Waals surface area contributed by atoms with Gasteiger partial charge < -0.3 is 15.0 Å². The van der Waals surface area contributed by atoms with E-state index in [4.69, 9.17) is 4.74 Å². The second kappa shape index (κ2) is 8.86. The second-order valence-electron chi connectivity index (χ2n) is 6.16. The summed E-state index contributed by atoms with van der Waals surface area (Å²) in [6, 6.07) is 23.3. The molecule has 0 aliphatic carbocycles. The molecule has 142 valence electrons. The van der Waals surface area contributed by atoms with Crippen molar-refractivity contribution >= 4 is 23.2 Å². The highest BCUT2D eigenvalue weighted by Crippen LogP contribution is 2.24. The second-order valence-corrected chi connectivity index (χ2v) is 6.16. The smallest absolute Gasteiger partial charge is 0.258 e. The molecule has 2 amide bonds. The third-order valence-electron chi connectivity index (χ3n) is 4.25. The summed E-state index contributed by atoms with van der Waals surface area (Å²) in [5.41, 5.74) is 2.22. The lowest BCUT2D eigenvalue weighted by Gasteiger charge is -2.17. The zero-order valence-electron chi connectivity index (χ0n) is 15.9. The summed E-state index contributed by atoms with van der Waals surface area (Å²) in [5, 5.41) is 2.85. The number of hydrogen-bond donors (Lipinski definition) is 1. The molecule has 0 aliphatic heterocycles. The molecule has 0 atom stereocenters. The van der Waals surface area contributed by atoms with E-state index in [0.29, 0.717) is 29.2 Å². The van der Waals surface area contributed by atoms with Gasteiger partial charge in [-0.1, -0.05) is 36.4 Å². The zero-order chi connectivity index (χ0) is 19.9. The van der Waals surface area contributed by atoms with E-state index in [1.807, 2.05) is 49.4 Å². The van der Waals surface area contributed by atoms with E-state index in [1.165, 1.54) is 0 Å². The standard InChI is InChI=1S/C23H22N2O3/c1-3-28-21-15-8-7-14-20(21)24-22(26)17-10-9-11-18(16-17)23(27)25(2)19-12-5-4-6-13-19/h4-16H,3H2,1-2H3,(H,24,26). The predicted octanol–water partition coefficient (Wildman–Crippen LogP) is 4.61. The fourth-order valence-electron chi connectivity index (χ4n) is 2.80. The molecule has 5 nitrogen and oxygen atoms in total. The fraction of sp³-hybridized carbons (Fsp3) is 0.130. The van der Waals surface area contributed by atoms with Crippen LogP contribution in [0.3, 0.4) is 0 Å². The number of anilines is 2. The highest BCUT2D eigenvalue weighted by Gasteiger charge is 2.16. The van der Waals surface area contributed by atoms with Crippen LogP contribution in [0.2, 0.25) is 0 Å². The maximum Gasteiger partial charge on any atom is 0.258 e. The number of hydrogen-bond acceptors (Lipinski definition) is 3. The van der Waals surface area contributed by atoms with E-state index in [2.05, 4.69) is 5.32 Å². The van der Waals surface area contributed by atoms with E-state index >= 15 is 0 Å². The number of nitrogens with zero attached hydrogens (tertiary/aromatic N) is 1. The van der Waals surface area contributed by atoms with Crippen molar-refractivity contribution in [2.75, 3.05) is 23.9 Å². The molecule has 0 aliphatic rings. The molecule has 0 saturated carbocycles. The van der Waals surface area contributed by atoms with Crippen molar-refractivity contribution in [1.82, 2.24) is 0 Å². The van der Waals surface area contributed by atoms with Crippen molar-refractivity contribution in [2.45, 2.75) is 6.92 Å². The van der Waals surface area contributed by atoms with Crippen molar-refractivity contribution in [3.05, 3.63) is 90.0 Å². The largest absolute Gasteiger partial charge is 0.492 e. The Bertz CT molecular complexity index is 970. The number of amides is 2. The highest BCUT2D eigenvalue weighted by atomic mass is 16.5. The van der Waals surface area contributed by atoms with Crippen LogP contribution in [0.1, 0.15) is 27.6 Å². The number of rotatable bonds is 6. The Balaban J connectivity index is 1.79. The number of para-hydroxylation sites is 3. The van der Waals surface area contributed by atoms with E-state index in [0.717, 1.165) is 5.69 Å². The SMILES string of the molecule is CCOc1ccccc1NC(=O)c1cccc(C(=O)N(C)c2ccccc2)c1. The maximum atomic E-state index is 12.8. The van der Waals surface area contributed by atoms with Gasteiger partial charge in [-0.2, -0.15) is 0 Å². The van der Waals surface area contributed by atoms with Gasteiger partial charge in [-0.15, -0.1) is 0 Å². The normalized spacial score (nSPS) is 10.2. The Morgan fingerprint density at radius 2 is 1.57 bits per heavy atom. The van der Waals surface area contributed by atoms with Crippen LogP contribution < -0.4 is 15.0 Å². The Hall–Kier alpha value is -3.60. The minimum absolute atomic E-state index is 0.185. The average molecular weight is 374 g/mol. The Labute approximate surface area is 164 Å². The topological polar surface area (TPSA) is 58.6 Å². The van der Waals surface area contributed by atoms with Crippen LogP contribution in [-0.2, 0) is 0 Å². The zero-order valence-corrected chi connectivity index (χ0v) is 15.9. The van der Waals surface area contributed by atoms with Crippen molar-refractivity contribution in [1.29, 1.82) is 0 Å². The Morgan fingerprint density at radius 1 is 0.893 bits per heavy atom. The number of benzene rings is 3. The summed E-state index contributed by atoms with van der Waals surface area (Å²) in [4.78, 5) is 27.0. The molecule has 0 unspecified atom stereocenters. The van der Waals surface area contributed by atoms with Crippen LogP contribution in [0.25, 0.3) is 0 Å². The van der Waals surface area contributed by atoms with Crippen molar-refractivity contribution in [3.63, 3.8) is 0 Å². The van der Waals surface area contributed by atoms with Gasteiger partial charge in [0, 0.05) is 23.9 Å². The molecule has 28 heavy (non-hydrogen) atoms. The van der Waals surface area contributed by atoms with Gasteiger partial charge in [0.05, 0.1) is 12.3 Å². The van der Waals surface area contributed by atoms with Gasteiger partial charge in [0.25, 0.3) is 11.8 Å². The van der Waals surface area contributed by atoms with E-state index in [-0.39, 0.29) is 11.8 Å². The van der Waals surface area contributed by atoms with Crippen molar-refractivity contribution in [3.8, 4) is 5.75 Å². The summed E-state index contributed by atoms with van der Waals surface area (Å²) in [7, 11) is 1.71. The summed E-state index contributed by atoms with van der Waals surface area (Å²) >= 11 is 0. The first kappa shape index (κ1) is 19.2. The van der Waals surface area contributed by atoms with Crippen LogP contribution in [-0.4, -0.2) is 25.5 Å². The third-order valence-corrected chi connectivity index (χ3v) is 4.25. The molecule has 3 aromatic rings. The van der Waals surface area contributed by atoms with Gasteiger partial charge in [-0.05, 0) is 49.4 Å². The van der Waals surface area contributed by atoms with E-state index in [9.17, 15) is 9.59 Å². The Kier molecular flexibility index (Phi) is 6.07. The number of carbonyl (C=O) groups excluding carboxylic acids is 2. The van der Waals surface area contributed by atoms with E-state index < -0.39 is 0 Å². The summed E-state index contributed by atoms with van der Waals surface area (Å²) < 4.78 is 5.54. The molecule has 0 heterocycles. The summed E-state index contributed by atoms with van der Waals surface area (Å²) in [6.45, 7) is 2.39. The summed E-state index contributed by atoms with van der Waals surface area (Å²) in [6.07, 6.45) is 0. The van der Waals surface area contributed by atoms with Gasteiger partial charge in [0.2, 0.25) is 0 Å². The molecule has 0 radical (unpaired) electrons. The molecule has 5 heteroatoms. The quantitative estimate of drug-likeness (QED) is 0.685. The number of ether oxygens (including phenoxy) is 1. The highest BCUT2D eigenvalue weighted by molar-refractivity contribution is 6.09. The van der Waals surface area contributed by atoms with Crippen LogP contribution in [0.15, 0.2) is 78.9 Å². The molecule has 1 N–H and O–H groups in total. The minimum atomic E-state index is -0.302. The van der Waals surface area contributed by atoms with Gasteiger partial charge in [-0.25, -0.2) is 0 Å². The molecule has 3 rings (SSSR count). The first-order chi connectivity index (χ1) is 13.6. The molecular formula is C23H22N2O3. The molecule has 0 aromatic heterocycles. The first-order valence-electron chi connectivity index (χ1n) is 9.06. The lowest BCUT2D eigenvalue weighted by molar-refractivity contribution is 0.0993. The first-order valence-corrected chi connectivity index (χ1v) is 9.06. The summed E-state index contributed by atoms with van der Waals surface area (Å²) in [5.74, 6) is 0.120. The minimum Gasteiger partial charge on any atom is -0.492 e. The predicted molar refractivity (Wildman–Crippen MR) is 111 cm³/mol. The maximum absolute atomic E-state index is 12.8. The fourth-order valence-corrected chi connectivity index (χ4v) is 2.80.